The molecule has 0 spiro atoms. The highest BCUT2D eigenvalue weighted by molar-refractivity contribution is 7.92. The van der Waals surface area contributed by atoms with E-state index in [1.165, 1.54) is 48.5 Å². The number of rotatable bonds is 7. The first kappa shape index (κ1) is 21.0. The minimum absolute atomic E-state index is 0.0254. The Morgan fingerprint density at radius 3 is 2.07 bits per heavy atom. The fourth-order valence-corrected chi connectivity index (χ4v) is 3.65. The van der Waals surface area contributed by atoms with E-state index in [9.17, 15) is 21.2 Å². The number of hydrogen-bond donors (Lipinski definition) is 4. The number of halogens is 1. The van der Waals surface area contributed by atoms with Crippen molar-refractivity contribution in [3.63, 3.8) is 0 Å². The van der Waals surface area contributed by atoms with Gasteiger partial charge in [-0.2, -0.15) is 0 Å². The van der Waals surface area contributed by atoms with Crippen LogP contribution in [0.3, 0.4) is 0 Å². The summed E-state index contributed by atoms with van der Waals surface area (Å²) in [5, 5.41) is 10.7. The van der Waals surface area contributed by atoms with Crippen LogP contribution in [0.25, 0.3) is 0 Å². The van der Waals surface area contributed by atoms with Crippen LogP contribution in [0, 0.1) is 5.82 Å². The molecule has 0 aromatic heterocycles. The Kier molecular flexibility index (Phi) is 6.70. The summed E-state index contributed by atoms with van der Waals surface area (Å²) in [6, 6.07) is 10.5. The maximum absolute atomic E-state index is 12.8. The molecule has 0 amide bonds. The molecule has 5 N–H and O–H groups in total. The molecule has 8 nitrogen and oxygen atoms in total. The summed E-state index contributed by atoms with van der Waals surface area (Å²) in [7, 11) is -7.53. The minimum atomic E-state index is -3.84. The van der Waals surface area contributed by atoms with Crippen molar-refractivity contribution in [3.05, 3.63) is 54.3 Å². The molecule has 0 aliphatic heterocycles. The summed E-state index contributed by atoms with van der Waals surface area (Å²) >= 11 is 5.04. The topological polar surface area (TPSA) is 130 Å². The van der Waals surface area contributed by atoms with Crippen LogP contribution >= 0.6 is 12.2 Å². The van der Waals surface area contributed by atoms with Gasteiger partial charge in [-0.15, -0.1) is 0 Å². The van der Waals surface area contributed by atoms with E-state index < -0.39 is 20.0 Å². The fraction of sp³-hybridized carbons (Fsp3) is 0.133. The van der Waals surface area contributed by atoms with E-state index in [0.717, 1.165) is 0 Å². The third kappa shape index (κ3) is 7.09. The van der Waals surface area contributed by atoms with Crippen molar-refractivity contribution in [2.24, 2.45) is 5.14 Å². The molecule has 2 rings (SSSR count). The number of nitrogens with one attached hydrogen (secondary N) is 3. The van der Waals surface area contributed by atoms with Gasteiger partial charge in [-0.05, 0) is 60.7 Å². The van der Waals surface area contributed by atoms with E-state index in [2.05, 4.69) is 15.4 Å². The molecule has 2 aromatic rings. The lowest BCUT2D eigenvalue weighted by atomic mass is 10.3. The molecule has 0 unspecified atom stereocenters. The number of thiocarbonyl (C=S) groups is 1. The van der Waals surface area contributed by atoms with E-state index >= 15 is 0 Å². The molecule has 0 fully saturated rings. The summed E-state index contributed by atoms with van der Waals surface area (Å²) in [5.74, 6) is -0.663. The lowest BCUT2D eigenvalue weighted by Gasteiger charge is -2.12. The van der Waals surface area contributed by atoms with Crippen LogP contribution in [-0.2, 0) is 20.0 Å². The lowest BCUT2D eigenvalue weighted by molar-refractivity contribution is 0.597. The maximum atomic E-state index is 12.8. The molecule has 0 heterocycles. The quantitative estimate of drug-likeness (QED) is 0.484. The molecular weight excluding hydrogens is 415 g/mol. The Labute approximate surface area is 162 Å². The maximum Gasteiger partial charge on any atom is 0.238 e. The summed E-state index contributed by atoms with van der Waals surface area (Å²) in [6.07, 6.45) is 0. The molecular formula is C15H17FN4O4S3. The number of anilines is 2. The Hall–Kier alpha value is -2.28. The second-order valence-corrected chi connectivity index (χ2v) is 9.19. The van der Waals surface area contributed by atoms with Crippen molar-refractivity contribution >= 4 is 48.8 Å². The summed E-state index contributed by atoms with van der Waals surface area (Å²) in [4.78, 5) is -0.121. The van der Waals surface area contributed by atoms with Gasteiger partial charge in [0.25, 0.3) is 0 Å². The monoisotopic (exact) mass is 432 g/mol. The van der Waals surface area contributed by atoms with Crippen LogP contribution in [-0.4, -0.2) is 34.2 Å². The van der Waals surface area contributed by atoms with Crippen molar-refractivity contribution in [3.8, 4) is 0 Å². The average Bonchev–Trinajstić information content (AvgIpc) is 2.56. The molecule has 0 bridgehead atoms. The van der Waals surface area contributed by atoms with Gasteiger partial charge in [0.1, 0.15) is 5.82 Å². The van der Waals surface area contributed by atoms with Gasteiger partial charge in [0, 0.05) is 17.9 Å². The van der Waals surface area contributed by atoms with E-state index in [4.69, 9.17) is 17.4 Å². The van der Waals surface area contributed by atoms with Gasteiger partial charge in [-0.25, -0.2) is 26.4 Å². The molecule has 12 heteroatoms. The van der Waals surface area contributed by atoms with Crippen molar-refractivity contribution in [2.75, 3.05) is 22.3 Å². The van der Waals surface area contributed by atoms with Crippen LogP contribution in [0.4, 0.5) is 15.8 Å². The van der Waals surface area contributed by atoms with Gasteiger partial charge < -0.3 is 10.6 Å². The van der Waals surface area contributed by atoms with E-state index in [0.29, 0.717) is 5.69 Å². The first-order valence-corrected chi connectivity index (χ1v) is 11.1. The zero-order chi connectivity index (χ0) is 20.1. The summed E-state index contributed by atoms with van der Waals surface area (Å²) in [5.41, 5.74) is 0.763. The molecule has 0 aliphatic carbocycles. The van der Waals surface area contributed by atoms with Gasteiger partial charge in [0.05, 0.1) is 10.6 Å². The van der Waals surface area contributed by atoms with Crippen molar-refractivity contribution in [2.45, 2.75) is 4.90 Å². The molecule has 0 atom stereocenters. The number of nitrogens with two attached hydrogens (primary N) is 1. The molecule has 0 radical (unpaired) electrons. The second kappa shape index (κ2) is 8.61. The zero-order valence-electron chi connectivity index (χ0n) is 13.8. The first-order chi connectivity index (χ1) is 12.5. The van der Waals surface area contributed by atoms with Crippen molar-refractivity contribution < 1.29 is 21.2 Å². The number of hydrogen-bond acceptors (Lipinski definition) is 5. The summed E-state index contributed by atoms with van der Waals surface area (Å²) in [6.45, 7) is 0.0254. The Morgan fingerprint density at radius 2 is 1.52 bits per heavy atom. The second-order valence-electron chi connectivity index (χ2n) is 5.38. The van der Waals surface area contributed by atoms with E-state index in [-0.39, 0.29) is 33.8 Å². The number of sulfonamides is 2. The van der Waals surface area contributed by atoms with Crippen molar-refractivity contribution in [1.29, 1.82) is 0 Å². The fourth-order valence-electron chi connectivity index (χ4n) is 1.95. The van der Waals surface area contributed by atoms with Gasteiger partial charge >= 0.3 is 0 Å². The predicted octanol–water partition coefficient (Wildman–Crippen LogP) is 1.20. The van der Waals surface area contributed by atoms with E-state index in [1.807, 2.05) is 0 Å². The third-order valence-corrected chi connectivity index (χ3v) is 5.68. The van der Waals surface area contributed by atoms with Crippen LogP contribution in [0.2, 0.25) is 0 Å². The zero-order valence-corrected chi connectivity index (χ0v) is 16.3. The lowest BCUT2D eigenvalue weighted by Crippen LogP contribution is -2.34. The largest absolute Gasteiger partial charge is 0.361 e. The highest BCUT2D eigenvalue weighted by Crippen LogP contribution is 2.14. The highest BCUT2D eigenvalue weighted by Gasteiger charge is 2.12. The smallest absolute Gasteiger partial charge is 0.238 e. The van der Waals surface area contributed by atoms with Gasteiger partial charge in [0.2, 0.25) is 20.0 Å². The average molecular weight is 433 g/mol. The Balaban J connectivity index is 1.83. The molecule has 0 saturated heterocycles. The Bertz CT molecular complexity index is 1010. The summed E-state index contributed by atoms with van der Waals surface area (Å²) < 4.78 is 61.6. The standard InChI is InChI=1S/C15H17FN4O4S3/c16-11-1-3-12(4-2-11)19-15(25)18-9-10-26(21,22)20-13-5-7-14(8-6-13)27(17,23)24/h1-8,20H,9-10H2,(H2,17,23,24)(H2,18,19,25). The molecule has 2 aromatic carbocycles. The van der Waals surface area contributed by atoms with E-state index in [1.54, 1.807) is 0 Å². The third-order valence-electron chi connectivity index (χ3n) is 3.21. The molecule has 0 saturated carbocycles. The van der Waals surface area contributed by atoms with Crippen LogP contribution in [0.15, 0.2) is 53.4 Å². The highest BCUT2D eigenvalue weighted by atomic mass is 32.2. The first-order valence-electron chi connectivity index (χ1n) is 7.49. The number of primary sulfonamides is 1. The van der Waals surface area contributed by atoms with Crippen LogP contribution < -0.4 is 20.5 Å². The molecule has 0 aliphatic rings. The number of benzene rings is 2. The van der Waals surface area contributed by atoms with Gasteiger partial charge in [-0.3, -0.25) is 4.72 Å². The Morgan fingerprint density at radius 1 is 0.963 bits per heavy atom. The van der Waals surface area contributed by atoms with Crippen LogP contribution in [0.5, 0.6) is 0 Å². The van der Waals surface area contributed by atoms with Gasteiger partial charge in [-0.1, -0.05) is 0 Å². The van der Waals surface area contributed by atoms with Crippen LogP contribution in [0.1, 0.15) is 0 Å². The normalized spacial score (nSPS) is 11.6. The predicted molar refractivity (Wildman–Crippen MR) is 106 cm³/mol. The molecule has 146 valence electrons. The SMILES string of the molecule is NS(=O)(=O)c1ccc(NS(=O)(=O)CCNC(=S)Nc2ccc(F)cc2)cc1. The molecule has 27 heavy (non-hydrogen) atoms. The minimum Gasteiger partial charge on any atom is -0.361 e. The van der Waals surface area contributed by atoms with Gasteiger partial charge in [0.15, 0.2) is 5.11 Å². The van der Waals surface area contributed by atoms with Crippen molar-refractivity contribution in [1.82, 2.24) is 5.32 Å².